The lowest BCUT2D eigenvalue weighted by Gasteiger charge is -2.06. The maximum atomic E-state index is 13.2. The maximum absolute atomic E-state index is 13.2. The minimum Gasteiger partial charge on any atom is -0.495 e. The number of rotatable bonds is 3. The van der Waals surface area contributed by atoms with Gasteiger partial charge in [0.1, 0.15) is 11.6 Å². The second-order valence-electron chi connectivity index (χ2n) is 2.65. The highest BCUT2D eigenvalue weighted by molar-refractivity contribution is 9.10. The standard InChI is InChI=1S/C9H8BrFO3/c1-14-8-4-7(11)5(2-6(8)10)3-9(12)13/h2,4H,3H2,1H3,(H,12,13). The normalized spacial score (nSPS) is 9.93. The van der Waals surface area contributed by atoms with E-state index in [2.05, 4.69) is 15.9 Å². The molecule has 3 nitrogen and oxygen atoms in total. The fourth-order valence-corrected chi connectivity index (χ4v) is 1.58. The highest BCUT2D eigenvalue weighted by atomic mass is 79.9. The highest BCUT2D eigenvalue weighted by Gasteiger charge is 2.11. The summed E-state index contributed by atoms with van der Waals surface area (Å²) >= 11 is 3.15. The number of carboxylic acid groups (broad SMARTS) is 1. The Balaban J connectivity index is 3.08. The van der Waals surface area contributed by atoms with E-state index in [1.165, 1.54) is 13.2 Å². The van der Waals surface area contributed by atoms with Gasteiger partial charge in [-0.25, -0.2) is 4.39 Å². The number of halogens is 2. The SMILES string of the molecule is COc1cc(F)c(CC(=O)O)cc1Br. The van der Waals surface area contributed by atoms with Crippen molar-refractivity contribution in [3.63, 3.8) is 0 Å². The average Bonchev–Trinajstić information content (AvgIpc) is 2.10. The summed E-state index contributed by atoms with van der Waals surface area (Å²) in [4.78, 5) is 10.4. The van der Waals surface area contributed by atoms with Crippen molar-refractivity contribution in [1.29, 1.82) is 0 Å². The van der Waals surface area contributed by atoms with Crippen LogP contribution < -0.4 is 4.74 Å². The lowest BCUT2D eigenvalue weighted by molar-refractivity contribution is -0.136. The number of methoxy groups -OCH3 is 1. The summed E-state index contributed by atoms with van der Waals surface area (Å²) in [5.41, 5.74) is 0.130. The molecule has 0 aliphatic heterocycles. The summed E-state index contributed by atoms with van der Waals surface area (Å²) in [6, 6.07) is 2.56. The first kappa shape index (κ1) is 11.0. The second kappa shape index (κ2) is 4.41. The number of carbonyl (C=O) groups is 1. The summed E-state index contributed by atoms with van der Waals surface area (Å²) in [5.74, 6) is -1.30. The van der Waals surface area contributed by atoms with Gasteiger partial charge in [0.25, 0.3) is 0 Å². The van der Waals surface area contributed by atoms with Gasteiger partial charge in [-0.2, -0.15) is 0 Å². The van der Waals surface area contributed by atoms with E-state index in [-0.39, 0.29) is 12.0 Å². The molecule has 0 aliphatic rings. The molecule has 0 spiro atoms. The van der Waals surface area contributed by atoms with Crippen LogP contribution in [0.3, 0.4) is 0 Å². The molecule has 0 fully saturated rings. The van der Waals surface area contributed by atoms with Crippen LogP contribution in [0.15, 0.2) is 16.6 Å². The first-order valence-electron chi connectivity index (χ1n) is 3.78. The Kier molecular flexibility index (Phi) is 3.46. The molecule has 1 rings (SSSR count). The van der Waals surface area contributed by atoms with Gasteiger partial charge in [-0.1, -0.05) is 0 Å². The van der Waals surface area contributed by atoms with Crippen molar-refractivity contribution in [1.82, 2.24) is 0 Å². The number of ether oxygens (including phenoxy) is 1. The third-order valence-corrected chi connectivity index (χ3v) is 2.28. The largest absolute Gasteiger partial charge is 0.495 e. The van der Waals surface area contributed by atoms with E-state index < -0.39 is 11.8 Å². The van der Waals surface area contributed by atoms with E-state index in [1.807, 2.05) is 0 Å². The van der Waals surface area contributed by atoms with Crippen molar-refractivity contribution in [3.05, 3.63) is 28.0 Å². The van der Waals surface area contributed by atoms with Crippen molar-refractivity contribution in [2.45, 2.75) is 6.42 Å². The summed E-state index contributed by atoms with van der Waals surface area (Å²) < 4.78 is 18.6. The van der Waals surface area contributed by atoms with Gasteiger partial charge in [-0.3, -0.25) is 4.79 Å². The third kappa shape index (κ3) is 2.45. The fraction of sp³-hybridized carbons (Fsp3) is 0.222. The van der Waals surface area contributed by atoms with Gasteiger partial charge in [0.2, 0.25) is 0 Å². The number of hydrogen-bond acceptors (Lipinski definition) is 2. The summed E-state index contributed by atoms with van der Waals surface area (Å²) in [6.45, 7) is 0. The Labute approximate surface area is 88.6 Å². The maximum Gasteiger partial charge on any atom is 0.307 e. The molecule has 0 bridgehead atoms. The van der Waals surface area contributed by atoms with Crippen LogP contribution in [-0.4, -0.2) is 18.2 Å². The van der Waals surface area contributed by atoms with Crippen molar-refractivity contribution in [2.75, 3.05) is 7.11 Å². The zero-order valence-corrected chi connectivity index (χ0v) is 8.97. The quantitative estimate of drug-likeness (QED) is 0.909. The Morgan fingerprint density at radius 1 is 1.64 bits per heavy atom. The van der Waals surface area contributed by atoms with E-state index in [1.54, 1.807) is 0 Å². The molecular weight excluding hydrogens is 255 g/mol. The minimum absolute atomic E-state index is 0.130. The molecule has 0 amide bonds. The molecular formula is C9H8BrFO3. The van der Waals surface area contributed by atoms with Crippen LogP contribution in [0.25, 0.3) is 0 Å². The molecule has 0 aliphatic carbocycles. The zero-order valence-electron chi connectivity index (χ0n) is 7.38. The predicted molar refractivity (Wildman–Crippen MR) is 52.0 cm³/mol. The van der Waals surface area contributed by atoms with Crippen LogP contribution >= 0.6 is 15.9 Å². The first-order chi connectivity index (χ1) is 6.54. The number of aliphatic carboxylic acids is 1. The molecule has 0 saturated carbocycles. The Bertz CT molecular complexity index is 365. The second-order valence-corrected chi connectivity index (χ2v) is 3.50. The monoisotopic (exact) mass is 262 g/mol. The minimum atomic E-state index is -1.07. The lowest BCUT2D eigenvalue weighted by atomic mass is 10.1. The van der Waals surface area contributed by atoms with Gasteiger partial charge in [0.15, 0.2) is 0 Å². The lowest BCUT2D eigenvalue weighted by Crippen LogP contribution is -2.03. The zero-order chi connectivity index (χ0) is 10.7. The highest BCUT2D eigenvalue weighted by Crippen LogP contribution is 2.27. The number of carboxylic acids is 1. The van der Waals surface area contributed by atoms with Crippen LogP contribution in [0, 0.1) is 5.82 Å². The van der Waals surface area contributed by atoms with E-state index >= 15 is 0 Å². The molecule has 1 aromatic rings. The van der Waals surface area contributed by atoms with Gasteiger partial charge < -0.3 is 9.84 Å². The Hall–Kier alpha value is -1.10. The van der Waals surface area contributed by atoms with E-state index in [0.717, 1.165) is 6.07 Å². The van der Waals surface area contributed by atoms with Gasteiger partial charge in [0.05, 0.1) is 18.0 Å². The smallest absolute Gasteiger partial charge is 0.307 e. The molecule has 0 atom stereocenters. The van der Waals surface area contributed by atoms with Gasteiger partial charge in [-0.15, -0.1) is 0 Å². The van der Waals surface area contributed by atoms with Gasteiger partial charge >= 0.3 is 5.97 Å². The van der Waals surface area contributed by atoms with Crippen LogP contribution in [0.5, 0.6) is 5.75 Å². The molecule has 5 heteroatoms. The molecule has 0 heterocycles. The molecule has 0 saturated heterocycles. The number of hydrogen-bond donors (Lipinski definition) is 1. The van der Waals surface area contributed by atoms with Crippen LogP contribution in [0.2, 0.25) is 0 Å². The van der Waals surface area contributed by atoms with Crippen molar-refractivity contribution in [2.24, 2.45) is 0 Å². The Morgan fingerprint density at radius 3 is 2.79 bits per heavy atom. The topological polar surface area (TPSA) is 46.5 Å². The van der Waals surface area contributed by atoms with Crippen LogP contribution in [-0.2, 0) is 11.2 Å². The molecule has 1 aromatic carbocycles. The van der Waals surface area contributed by atoms with E-state index in [9.17, 15) is 9.18 Å². The molecule has 0 unspecified atom stereocenters. The molecule has 1 N–H and O–H groups in total. The average molecular weight is 263 g/mol. The van der Waals surface area contributed by atoms with Crippen molar-refractivity contribution < 1.29 is 19.0 Å². The summed E-state index contributed by atoms with van der Waals surface area (Å²) in [7, 11) is 1.41. The predicted octanol–water partition coefficient (Wildman–Crippen LogP) is 2.22. The van der Waals surface area contributed by atoms with Gasteiger partial charge in [-0.05, 0) is 22.0 Å². The van der Waals surface area contributed by atoms with Crippen molar-refractivity contribution in [3.8, 4) is 5.75 Å². The van der Waals surface area contributed by atoms with E-state index in [4.69, 9.17) is 9.84 Å². The molecule has 0 aromatic heterocycles. The Morgan fingerprint density at radius 2 is 2.29 bits per heavy atom. The number of benzene rings is 1. The van der Waals surface area contributed by atoms with Crippen LogP contribution in [0.1, 0.15) is 5.56 Å². The third-order valence-electron chi connectivity index (χ3n) is 1.66. The van der Waals surface area contributed by atoms with E-state index in [0.29, 0.717) is 10.2 Å². The summed E-state index contributed by atoms with van der Waals surface area (Å²) in [5, 5.41) is 8.50. The molecule has 76 valence electrons. The van der Waals surface area contributed by atoms with Crippen LogP contribution in [0.4, 0.5) is 4.39 Å². The first-order valence-corrected chi connectivity index (χ1v) is 4.57. The molecule has 14 heavy (non-hydrogen) atoms. The summed E-state index contributed by atoms with van der Waals surface area (Å²) in [6.07, 6.45) is -0.339. The van der Waals surface area contributed by atoms with Gasteiger partial charge in [0, 0.05) is 11.6 Å². The molecule has 0 radical (unpaired) electrons. The van der Waals surface area contributed by atoms with Crippen molar-refractivity contribution >= 4 is 21.9 Å². The fourth-order valence-electron chi connectivity index (χ4n) is 1.02.